The number of aromatic nitrogens is 2. The molecule has 1 aliphatic carbocycles. The maximum absolute atomic E-state index is 2.42. The molecule has 0 unspecified atom stereocenters. The highest BCUT2D eigenvalue weighted by Gasteiger charge is 2.35. The molecule has 0 N–H and O–H groups in total. The first-order valence-corrected chi connectivity index (χ1v) is 27.3. The molecular weight excluding hydrogens is 957 g/mol. The molecule has 79 heavy (non-hydrogen) atoms. The zero-order chi connectivity index (χ0) is 52.6. The summed E-state index contributed by atoms with van der Waals surface area (Å²) >= 11 is 0. The molecule has 1 aliphatic rings. The lowest BCUT2D eigenvalue weighted by Gasteiger charge is -2.27. The molecule has 374 valence electrons. The van der Waals surface area contributed by atoms with Crippen LogP contribution in [0.4, 0.5) is 34.1 Å². The Morgan fingerprint density at radius 3 is 1.09 bits per heavy atom. The molecule has 0 amide bonds. The lowest BCUT2D eigenvalue weighted by Crippen LogP contribution is -2.15. The number of hydrogen-bond acceptors (Lipinski definition) is 2. The van der Waals surface area contributed by atoms with Gasteiger partial charge in [0.15, 0.2) is 0 Å². The van der Waals surface area contributed by atoms with Crippen LogP contribution < -0.4 is 9.80 Å². The highest BCUT2D eigenvalue weighted by atomic mass is 15.1. The van der Waals surface area contributed by atoms with Crippen molar-refractivity contribution in [3.63, 3.8) is 0 Å². The molecule has 0 atom stereocenters. The van der Waals surface area contributed by atoms with Gasteiger partial charge in [0.1, 0.15) is 0 Å². The van der Waals surface area contributed by atoms with Gasteiger partial charge in [-0.3, -0.25) is 0 Å². The van der Waals surface area contributed by atoms with Gasteiger partial charge in [-0.15, -0.1) is 0 Å². The molecule has 0 bridgehead atoms. The Balaban J connectivity index is 0.834. The second-order valence-corrected chi connectivity index (χ2v) is 21.4. The molecule has 12 aromatic carbocycles. The first-order chi connectivity index (χ1) is 38.9. The molecule has 0 saturated heterocycles. The third kappa shape index (κ3) is 7.67. The van der Waals surface area contributed by atoms with E-state index in [1.54, 1.807) is 0 Å². The Morgan fingerprint density at radius 1 is 0.253 bits per heavy atom. The monoisotopic (exact) mass is 1010 g/mol. The number of benzene rings is 12. The van der Waals surface area contributed by atoms with Crippen molar-refractivity contribution in [3.05, 3.63) is 302 Å². The minimum Gasteiger partial charge on any atom is -0.310 e. The van der Waals surface area contributed by atoms with Crippen molar-refractivity contribution < 1.29 is 0 Å². The van der Waals surface area contributed by atoms with Gasteiger partial charge in [-0.05, 0) is 166 Å². The Hall–Kier alpha value is -10.2. The van der Waals surface area contributed by atoms with E-state index in [0.717, 1.165) is 56.6 Å². The fourth-order valence-corrected chi connectivity index (χ4v) is 12.7. The smallest absolute Gasteiger partial charge is 0.0542 e. The lowest BCUT2D eigenvalue weighted by molar-refractivity contribution is 0.660. The Kier molecular flexibility index (Phi) is 10.8. The van der Waals surface area contributed by atoms with E-state index >= 15 is 0 Å². The van der Waals surface area contributed by atoms with E-state index in [4.69, 9.17) is 0 Å². The van der Waals surface area contributed by atoms with Crippen LogP contribution in [0.2, 0.25) is 0 Å². The highest BCUT2D eigenvalue weighted by molar-refractivity contribution is 6.12. The molecule has 4 nitrogen and oxygen atoms in total. The van der Waals surface area contributed by atoms with Crippen LogP contribution in [0, 0.1) is 0 Å². The molecule has 14 aromatic rings. The molecule has 2 heterocycles. The maximum Gasteiger partial charge on any atom is 0.0542 e. The third-order valence-electron chi connectivity index (χ3n) is 16.5. The second kappa shape index (κ2) is 18.5. The predicted octanol–water partition coefficient (Wildman–Crippen LogP) is 20.5. The number of rotatable bonds is 10. The molecule has 0 fully saturated rings. The van der Waals surface area contributed by atoms with Gasteiger partial charge in [0.2, 0.25) is 0 Å². The van der Waals surface area contributed by atoms with Crippen LogP contribution in [0.15, 0.2) is 291 Å². The quantitative estimate of drug-likeness (QED) is 0.136. The molecular formula is C75H54N4. The summed E-state index contributed by atoms with van der Waals surface area (Å²) < 4.78 is 4.77. The van der Waals surface area contributed by atoms with Gasteiger partial charge in [0.25, 0.3) is 0 Å². The predicted molar refractivity (Wildman–Crippen MR) is 333 cm³/mol. The Labute approximate surface area is 460 Å². The van der Waals surface area contributed by atoms with Crippen molar-refractivity contribution in [2.75, 3.05) is 9.80 Å². The minimum absolute atomic E-state index is 0.0729. The van der Waals surface area contributed by atoms with E-state index < -0.39 is 0 Å². The van der Waals surface area contributed by atoms with E-state index in [0.29, 0.717) is 0 Å². The van der Waals surface area contributed by atoms with Crippen molar-refractivity contribution in [2.24, 2.45) is 0 Å². The lowest BCUT2D eigenvalue weighted by atomic mass is 9.82. The number of hydrogen-bond donors (Lipinski definition) is 0. The first-order valence-electron chi connectivity index (χ1n) is 27.3. The number of nitrogens with zero attached hydrogens (tertiary/aromatic N) is 4. The van der Waals surface area contributed by atoms with Gasteiger partial charge in [-0.25, -0.2) is 0 Å². The van der Waals surface area contributed by atoms with Gasteiger partial charge >= 0.3 is 0 Å². The molecule has 2 aromatic heterocycles. The summed E-state index contributed by atoms with van der Waals surface area (Å²) in [7, 11) is 0. The fourth-order valence-electron chi connectivity index (χ4n) is 12.7. The van der Waals surface area contributed by atoms with Crippen LogP contribution in [0.25, 0.3) is 88.4 Å². The van der Waals surface area contributed by atoms with Crippen LogP contribution in [0.1, 0.15) is 25.0 Å². The van der Waals surface area contributed by atoms with Crippen molar-refractivity contribution >= 4 is 77.7 Å². The molecule has 15 rings (SSSR count). The van der Waals surface area contributed by atoms with Crippen LogP contribution in [0.5, 0.6) is 0 Å². The summed E-state index contributed by atoms with van der Waals surface area (Å²) in [6.45, 7) is 4.69. The SMILES string of the molecule is CC1(C)c2ccccc2-c2cc(N(c3ccc(-c4ccccc4)cc3)c3ccc(-c4ccc(N(c5ccc6c(c5)c5ccccc5n6-c5ccccc5)c5ccc6c(c5)c5ccccc5n6-c5ccccc5)cc4)cc3)ccc21. The normalized spacial score (nSPS) is 12.5. The molecule has 0 radical (unpaired) electrons. The summed E-state index contributed by atoms with van der Waals surface area (Å²) in [5.74, 6) is 0. The molecule has 0 aliphatic heterocycles. The van der Waals surface area contributed by atoms with E-state index in [1.165, 1.54) is 77.0 Å². The van der Waals surface area contributed by atoms with Gasteiger partial charge in [-0.1, -0.05) is 184 Å². The largest absolute Gasteiger partial charge is 0.310 e. The topological polar surface area (TPSA) is 16.3 Å². The summed E-state index contributed by atoms with van der Waals surface area (Å²) in [6, 6.07) is 107. The molecule has 4 heteroatoms. The van der Waals surface area contributed by atoms with Crippen molar-refractivity contribution in [1.29, 1.82) is 0 Å². The zero-order valence-electron chi connectivity index (χ0n) is 44.0. The van der Waals surface area contributed by atoms with Crippen molar-refractivity contribution in [1.82, 2.24) is 9.13 Å². The van der Waals surface area contributed by atoms with E-state index in [2.05, 4.69) is 324 Å². The standard InChI is InChI=1S/C75H54N4/c1-75(2)69-27-15-12-24-63(69)66-48-60(42-45-70(66)75)76(57-36-30-52(31-37-57)51-18-6-3-7-19-51)58-38-32-53(33-39-58)54-34-40-59(41-35-54)77(61-43-46-73-67(49-61)64-25-13-16-28-71(64)78(73)55-20-8-4-9-21-55)62-44-47-74-68(50-62)65-26-14-17-29-72(65)79(74)56-22-10-5-11-23-56/h3-50H,1-2H3. The average molecular weight is 1010 g/mol. The van der Waals surface area contributed by atoms with E-state index in [9.17, 15) is 0 Å². The van der Waals surface area contributed by atoms with Crippen LogP contribution in [0.3, 0.4) is 0 Å². The second-order valence-electron chi connectivity index (χ2n) is 21.4. The summed E-state index contributed by atoms with van der Waals surface area (Å²) in [5.41, 5.74) is 23.5. The summed E-state index contributed by atoms with van der Waals surface area (Å²) in [5, 5.41) is 4.85. The van der Waals surface area contributed by atoms with Gasteiger partial charge in [-0.2, -0.15) is 0 Å². The van der Waals surface area contributed by atoms with Gasteiger partial charge in [0, 0.05) is 72.5 Å². The van der Waals surface area contributed by atoms with Crippen molar-refractivity contribution in [3.8, 4) is 44.8 Å². The van der Waals surface area contributed by atoms with Crippen molar-refractivity contribution in [2.45, 2.75) is 19.3 Å². The van der Waals surface area contributed by atoms with Gasteiger partial charge < -0.3 is 18.9 Å². The fraction of sp³-hybridized carbons (Fsp3) is 0.0400. The number of para-hydroxylation sites is 4. The average Bonchev–Trinajstić information content (AvgIpc) is 4.23. The number of anilines is 6. The zero-order valence-corrected chi connectivity index (χ0v) is 44.0. The summed E-state index contributed by atoms with van der Waals surface area (Å²) in [4.78, 5) is 4.82. The van der Waals surface area contributed by atoms with E-state index in [-0.39, 0.29) is 5.41 Å². The Morgan fingerprint density at radius 2 is 0.595 bits per heavy atom. The molecule has 0 saturated carbocycles. The first kappa shape index (κ1) is 46.2. The van der Waals surface area contributed by atoms with Gasteiger partial charge in [0.05, 0.1) is 22.1 Å². The molecule has 0 spiro atoms. The number of fused-ring (bicyclic) bond motifs is 9. The third-order valence-corrected chi connectivity index (χ3v) is 16.5. The van der Waals surface area contributed by atoms with Crippen LogP contribution in [-0.2, 0) is 5.41 Å². The minimum atomic E-state index is -0.0729. The van der Waals surface area contributed by atoms with Crippen LogP contribution in [-0.4, -0.2) is 9.13 Å². The summed E-state index contributed by atoms with van der Waals surface area (Å²) in [6.07, 6.45) is 0. The van der Waals surface area contributed by atoms with E-state index in [1.807, 2.05) is 0 Å². The van der Waals surface area contributed by atoms with Crippen LogP contribution >= 0.6 is 0 Å². The Bertz CT molecular complexity index is 4430. The maximum atomic E-state index is 2.42. The highest BCUT2D eigenvalue weighted by Crippen LogP contribution is 2.51.